The lowest BCUT2D eigenvalue weighted by molar-refractivity contribution is -0.0417. The van der Waals surface area contributed by atoms with Crippen LogP contribution in [0.4, 0.5) is 0 Å². The molecular formula is C17H22N2O3S. The molecule has 4 rings (SSSR count). The predicted molar refractivity (Wildman–Crippen MR) is 88.3 cm³/mol. The molecule has 2 aromatic rings. The van der Waals surface area contributed by atoms with Gasteiger partial charge in [0.2, 0.25) is 5.89 Å². The van der Waals surface area contributed by atoms with Crippen molar-refractivity contribution in [2.24, 2.45) is 11.3 Å². The van der Waals surface area contributed by atoms with Gasteiger partial charge in [0.05, 0.1) is 23.8 Å². The van der Waals surface area contributed by atoms with Crippen molar-refractivity contribution in [3.8, 4) is 10.8 Å². The molecular weight excluding hydrogens is 312 g/mol. The summed E-state index contributed by atoms with van der Waals surface area (Å²) in [5.41, 5.74) is 1.01. The molecule has 124 valence electrons. The SMILES string of the molecule is Cc1oc(-c2cccs2)nc1CN1C[C@@H]2COCC[C@]2(CO)C1. The van der Waals surface area contributed by atoms with E-state index in [1.54, 1.807) is 11.3 Å². The summed E-state index contributed by atoms with van der Waals surface area (Å²) in [5.74, 6) is 2.02. The van der Waals surface area contributed by atoms with Gasteiger partial charge in [-0.1, -0.05) is 6.07 Å². The van der Waals surface area contributed by atoms with Gasteiger partial charge in [-0.05, 0) is 24.8 Å². The lowest BCUT2D eigenvalue weighted by atomic mass is 9.75. The monoisotopic (exact) mass is 334 g/mol. The maximum Gasteiger partial charge on any atom is 0.236 e. The third kappa shape index (κ3) is 2.74. The molecule has 0 aromatic carbocycles. The van der Waals surface area contributed by atoms with Crippen molar-refractivity contribution in [3.05, 3.63) is 29.0 Å². The van der Waals surface area contributed by atoms with E-state index in [9.17, 15) is 5.11 Å². The van der Waals surface area contributed by atoms with Crippen LogP contribution in [0.25, 0.3) is 10.8 Å². The standard InChI is InChI=1S/C17H22N2O3S/c1-12-14(18-16(22-12)15-3-2-6-23-15)8-19-7-13-9-21-5-4-17(13,10-19)11-20/h2-3,6,13,20H,4-5,7-11H2,1H3/t13-,17-/m1/s1. The first-order chi connectivity index (χ1) is 11.2. The molecule has 5 nitrogen and oxygen atoms in total. The molecule has 2 fully saturated rings. The summed E-state index contributed by atoms with van der Waals surface area (Å²) in [7, 11) is 0. The highest BCUT2D eigenvalue weighted by molar-refractivity contribution is 7.13. The highest BCUT2D eigenvalue weighted by Gasteiger charge is 2.47. The van der Waals surface area contributed by atoms with Gasteiger partial charge in [-0.2, -0.15) is 0 Å². The Morgan fingerprint density at radius 3 is 3.17 bits per heavy atom. The molecule has 0 radical (unpaired) electrons. The fraction of sp³-hybridized carbons (Fsp3) is 0.588. The minimum Gasteiger partial charge on any atom is -0.440 e. The highest BCUT2D eigenvalue weighted by atomic mass is 32.1. The van der Waals surface area contributed by atoms with Crippen LogP contribution >= 0.6 is 11.3 Å². The van der Waals surface area contributed by atoms with Crippen LogP contribution in [-0.4, -0.2) is 47.9 Å². The zero-order valence-corrected chi connectivity index (χ0v) is 14.1. The number of oxazole rings is 1. The molecule has 0 aliphatic carbocycles. The second-order valence-corrected chi connectivity index (χ2v) is 7.66. The summed E-state index contributed by atoms with van der Waals surface area (Å²) in [4.78, 5) is 8.14. The number of aliphatic hydroxyl groups is 1. The summed E-state index contributed by atoms with van der Waals surface area (Å²) >= 11 is 1.64. The molecule has 0 unspecified atom stereocenters. The summed E-state index contributed by atoms with van der Waals surface area (Å²) in [6.45, 7) is 6.40. The molecule has 0 saturated carbocycles. The van der Waals surface area contributed by atoms with Gasteiger partial charge in [0.25, 0.3) is 0 Å². The molecule has 2 atom stereocenters. The minimum atomic E-state index is 0.00642. The Balaban J connectivity index is 1.51. The second kappa shape index (κ2) is 6.02. The third-order valence-corrected chi connectivity index (χ3v) is 6.12. The van der Waals surface area contributed by atoms with Crippen LogP contribution in [0.2, 0.25) is 0 Å². The lowest BCUT2D eigenvalue weighted by Gasteiger charge is -2.36. The van der Waals surface area contributed by atoms with Crippen molar-refractivity contribution >= 4 is 11.3 Å². The molecule has 2 aromatic heterocycles. The van der Waals surface area contributed by atoms with E-state index in [4.69, 9.17) is 9.15 Å². The Morgan fingerprint density at radius 2 is 2.43 bits per heavy atom. The number of hydrogen-bond donors (Lipinski definition) is 1. The average Bonchev–Trinajstić information content (AvgIpc) is 3.26. The molecule has 23 heavy (non-hydrogen) atoms. The van der Waals surface area contributed by atoms with Gasteiger partial charge in [-0.15, -0.1) is 11.3 Å². The summed E-state index contributed by atoms with van der Waals surface area (Å²) in [5, 5.41) is 11.9. The molecule has 0 spiro atoms. The first-order valence-corrected chi connectivity index (χ1v) is 8.99. The molecule has 0 amide bonds. The van der Waals surface area contributed by atoms with Crippen molar-refractivity contribution in [2.75, 3.05) is 32.9 Å². The van der Waals surface area contributed by atoms with Crippen LogP contribution in [0.5, 0.6) is 0 Å². The molecule has 2 saturated heterocycles. The van der Waals surface area contributed by atoms with Gasteiger partial charge < -0.3 is 14.3 Å². The first-order valence-electron chi connectivity index (χ1n) is 8.11. The Labute approximate surface area is 139 Å². The number of ether oxygens (including phenoxy) is 1. The quantitative estimate of drug-likeness (QED) is 0.931. The van der Waals surface area contributed by atoms with E-state index in [-0.39, 0.29) is 12.0 Å². The van der Waals surface area contributed by atoms with Crippen molar-refractivity contribution in [1.29, 1.82) is 0 Å². The van der Waals surface area contributed by atoms with Gasteiger partial charge in [0.15, 0.2) is 0 Å². The van der Waals surface area contributed by atoms with Crippen molar-refractivity contribution in [3.63, 3.8) is 0 Å². The fourth-order valence-corrected chi connectivity index (χ4v) is 4.48. The number of fused-ring (bicyclic) bond motifs is 1. The zero-order valence-electron chi connectivity index (χ0n) is 13.3. The minimum absolute atomic E-state index is 0.00642. The van der Waals surface area contributed by atoms with Gasteiger partial charge in [0.1, 0.15) is 5.76 Å². The number of rotatable bonds is 4. The number of aryl methyl sites for hydroxylation is 1. The normalized spacial score (nSPS) is 28.2. The van der Waals surface area contributed by atoms with E-state index in [2.05, 4.69) is 9.88 Å². The predicted octanol–water partition coefficient (Wildman–Crippen LogP) is 2.54. The van der Waals surface area contributed by atoms with Crippen LogP contribution < -0.4 is 0 Å². The van der Waals surface area contributed by atoms with Gasteiger partial charge in [-0.25, -0.2) is 4.98 Å². The Hall–Kier alpha value is -1.21. The summed E-state index contributed by atoms with van der Waals surface area (Å²) < 4.78 is 11.5. The maximum absolute atomic E-state index is 9.90. The van der Waals surface area contributed by atoms with Gasteiger partial charge in [0, 0.05) is 37.6 Å². The van der Waals surface area contributed by atoms with E-state index in [1.807, 2.05) is 24.4 Å². The number of likely N-dealkylation sites (tertiary alicyclic amines) is 1. The Morgan fingerprint density at radius 1 is 1.52 bits per heavy atom. The highest BCUT2D eigenvalue weighted by Crippen LogP contribution is 2.42. The van der Waals surface area contributed by atoms with E-state index in [1.165, 1.54) is 0 Å². The smallest absolute Gasteiger partial charge is 0.236 e. The number of hydrogen-bond acceptors (Lipinski definition) is 6. The maximum atomic E-state index is 9.90. The Bertz CT molecular complexity index is 669. The zero-order chi connectivity index (χ0) is 15.9. The van der Waals surface area contributed by atoms with Crippen molar-refractivity contribution in [1.82, 2.24) is 9.88 Å². The summed E-state index contributed by atoms with van der Waals surface area (Å²) in [6.07, 6.45) is 0.947. The lowest BCUT2D eigenvalue weighted by Crippen LogP contribution is -2.41. The molecule has 0 bridgehead atoms. The number of aromatic nitrogens is 1. The average molecular weight is 334 g/mol. The van der Waals surface area contributed by atoms with Crippen LogP contribution in [0.3, 0.4) is 0 Å². The van der Waals surface area contributed by atoms with E-state index >= 15 is 0 Å². The van der Waals surface area contributed by atoms with Crippen molar-refractivity contribution < 1.29 is 14.3 Å². The molecule has 1 N–H and O–H groups in total. The van der Waals surface area contributed by atoms with Gasteiger partial charge >= 0.3 is 0 Å². The van der Waals surface area contributed by atoms with Crippen LogP contribution in [0, 0.1) is 18.3 Å². The topological polar surface area (TPSA) is 58.7 Å². The Kier molecular flexibility index (Phi) is 4.01. The van der Waals surface area contributed by atoms with Gasteiger partial charge in [-0.3, -0.25) is 4.90 Å². The fourth-order valence-electron chi connectivity index (χ4n) is 3.83. The molecule has 2 aliphatic heterocycles. The van der Waals surface area contributed by atoms with E-state index < -0.39 is 0 Å². The largest absolute Gasteiger partial charge is 0.440 e. The summed E-state index contributed by atoms with van der Waals surface area (Å²) in [6, 6.07) is 4.04. The third-order valence-electron chi connectivity index (χ3n) is 5.26. The number of aliphatic hydroxyl groups excluding tert-OH is 1. The van der Waals surface area contributed by atoms with Crippen LogP contribution in [0.15, 0.2) is 21.9 Å². The first kappa shape index (κ1) is 15.3. The molecule has 6 heteroatoms. The van der Waals surface area contributed by atoms with Crippen molar-refractivity contribution in [2.45, 2.75) is 19.9 Å². The van der Waals surface area contributed by atoms with E-state index in [0.29, 0.717) is 11.8 Å². The molecule has 4 heterocycles. The second-order valence-electron chi connectivity index (χ2n) is 6.71. The number of thiophene rings is 1. The number of nitrogens with zero attached hydrogens (tertiary/aromatic N) is 2. The van der Waals surface area contributed by atoms with Crippen LogP contribution in [0.1, 0.15) is 17.9 Å². The van der Waals surface area contributed by atoms with E-state index in [0.717, 1.165) is 55.6 Å². The molecule has 2 aliphatic rings. The van der Waals surface area contributed by atoms with Crippen LogP contribution in [-0.2, 0) is 11.3 Å².